The van der Waals surface area contributed by atoms with Gasteiger partial charge in [-0.05, 0) is 11.5 Å². The van der Waals surface area contributed by atoms with Crippen LogP contribution in [0.25, 0.3) is 0 Å². The third-order valence-electron chi connectivity index (χ3n) is 2.35. The number of pyridine rings is 1. The molecule has 7 heteroatoms. The molecule has 1 aromatic heterocycles. The van der Waals surface area contributed by atoms with E-state index in [1.165, 1.54) is 6.07 Å². The minimum atomic E-state index is -1.66. The zero-order valence-corrected chi connectivity index (χ0v) is 8.55. The molecule has 1 aromatic rings. The average molecular weight is 225 g/mol. The normalized spacial score (nSPS) is 20.8. The number of rotatable bonds is 2. The van der Waals surface area contributed by atoms with Gasteiger partial charge in [-0.15, -0.1) is 0 Å². The van der Waals surface area contributed by atoms with Gasteiger partial charge in [0.05, 0.1) is 19.8 Å². The van der Waals surface area contributed by atoms with Gasteiger partial charge in [0.2, 0.25) is 5.56 Å². The molecule has 2 rings (SSSR count). The second kappa shape index (κ2) is 4.79. The molecule has 1 saturated heterocycles. The lowest BCUT2D eigenvalue weighted by molar-refractivity contribution is -0.0918. The summed E-state index contributed by atoms with van der Waals surface area (Å²) in [6.07, 6.45) is -0.361. The van der Waals surface area contributed by atoms with Gasteiger partial charge >= 0.3 is 7.12 Å². The van der Waals surface area contributed by atoms with Crippen molar-refractivity contribution < 1.29 is 19.5 Å². The summed E-state index contributed by atoms with van der Waals surface area (Å²) in [5, 5.41) is 18.0. The van der Waals surface area contributed by atoms with Crippen molar-refractivity contribution in [3.63, 3.8) is 0 Å². The predicted octanol–water partition coefficient (Wildman–Crippen LogP) is -1.86. The van der Waals surface area contributed by atoms with E-state index < -0.39 is 12.7 Å². The van der Waals surface area contributed by atoms with Crippen molar-refractivity contribution in [2.45, 2.75) is 6.10 Å². The highest BCUT2D eigenvalue weighted by atomic mass is 16.6. The molecular formula is C9H12BNO5. The van der Waals surface area contributed by atoms with Crippen molar-refractivity contribution in [3.05, 3.63) is 28.2 Å². The van der Waals surface area contributed by atoms with Crippen LogP contribution in [-0.4, -0.2) is 42.0 Å². The van der Waals surface area contributed by atoms with E-state index in [1.807, 2.05) is 0 Å². The quantitative estimate of drug-likeness (QED) is 0.513. The van der Waals surface area contributed by atoms with Crippen LogP contribution in [0.3, 0.4) is 0 Å². The van der Waals surface area contributed by atoms with Crippen LogP contribution in [0.2, 0.25) is 0 Å². The monoisotopic (exact) mass is 225 g/mol. The predicted molar refractivity (Wildman–Crippen MR) is 56.4 cm³/mol. The molecule has 1 atom stereocenters. The highest BCUT2D eigenvalue weighted by Gasteiger charge is 2.20. The van der Waals surface area contributed by atoms with E-state index in [4.69, 9.17) is 19.5 Å². The molecule has 0 bridgehead atoms. The van der Waals surface area contributed by atoms with Crippen molar-refractivity contribution in [3.8, 4) is 0 Å². The number of H-pyrrole nitrogens is 1. The molecule has 1 aliphatic rings. The summed E-state index contributed by atoms with van der Waals surface area (Å²) < 4.78 is 10.6. The molecule has 2 heterocycles. The molecule has 86 valence electrons. The zero-order chi connectivity index (χ0) is 11.5. The Hall–Kier alpha value is -1.15. The Morgan fingerprint density at radius 1 is 1.38 bits per heavy atom. The van der Waals surface area contributed by atoms with Crippen LogP contribution in [-0.2, 0) is 9.47 Å². The molecule has 0 aromatic carbocycles. The van der Waals surface area contributed by atoms with Crippen LogP contribution < -0.4 is 11.0 Å². The smallest absolute Gasteiger partial charge is 0.423 e. The molecule has 3 N–H and O–H groups in total. The molecule has 6 nitrogen and oxygen atoms in total. The van der Waals surface area contributed by atoms with Gasteiger partial charge in [0.1, 0.15) is 6.10 Å². The Bertz CT molecular complexity index is 413. The van der Waals surface area contributed by atoms with Crippen LogP contribution in [0.1, 0.15) is 11.8 Å². The number of ether oxygens (including phenoxy) is 2. The summed E-state index contributed by atoms with van der Waals surface area (Å²) in [7, 11) is -1.66. The summed E-state index contributed by atoms with van der Waals surface area (Å²) in [6, 6.07) is 2.63. The van der Waals surface area contributed by atoms with Crippen LogP contribution in [0.4, 0.5) is 0 Å². The largest absolute Gasteiger partial charge is 0.488 e. The average Bonchev–Trinajstić information content (AvgIpc) is 2.29. The number of hydrogen-bond acceptors (Lipinski definition) is 5. The Labute approximate surface area is 92.0 Å². The second-order valence-corrected chi connectivity index (χ2v) is 3.54. The molecule has 1 fully saturated rings. The lowest BCUT2D eigenvalue weighted by Gasteiger charge is -2.23. The SMILES string of the molecule is O=c1cc(B(O)O)cc(C2COCCO2)[nH]1. The fourth-order valence-corrected chi connectivity index (χ4v) is 1.58. The second-order valence-electron chi connectivity index (χ2n) is 3.54. The van der Waals surface area contributed by atoms with E-state index in [0.717, 1.165) is 6.07 Å². The number of aromatic amines is 1. The first-order valence-corrected chi connectivity index (χ1v) is 4.96. The van der Waals surface area contributed by atoms with E-state index in [1.54, 1.807) is 0 Å². The third kappa shape index (κ3) is 2.51. The Morgan fingerprint density at radius 3 is 2.81 bits per heavy atom. The lowest BCUT2D eigenvalue weighted by atomic mass is 9.80. The van der Waals surface area contributed by atoms with Gasteiger partial charge in [-0.3, -0.25) is 4.79 Å². The van der Waals surface area contributed by atoms with Gasteiger partial charge in [-0.2, -0.15) is 0 Å². The van der Waals surface area contributed by atoms with Crippen LogP contribution in [0, 0.1) is 0 Å². The fourth-order valence-electron chi connectivity index (χ4n) is 1.58. The van der Waals surface area contributed by atoms with Gasteiger partial charge in [0.25, 0.3) is 0 Å². The van der Waals surface area contributed by atoms with E-state index in [9.17, 15) is 4.79 Å². The number of nitrogens with one attached hydrogen (secondary N) is 1. The van der Waals surface area contributed by atoms with Crippen molar-refractivity contribution in [2.75, 3.05) is 19.8 Å². The van der Waals surface area contributed by atoms with Crippen LogP contribution in [0.15, 0.2) is 16.9 Å². The number of hydrogen-bond donors (Lipinski definition) is 3. The van der Waals surface area contributed by atoms with Gasteiger partial charge in [-0.25, -0.2) is 0 Å². The topological polar surface area (TPSA) is 91.8 Å². The first-order valence-electron chi connectivity index (χ1n) is 4.96. The molecule has 0 radical (unpaired) electrons. The van der Waals surface area contributed by atoms with Crippen molar-refractivity contribution in [1.82, 2.24) is 4.98 Å². The van der Waals surface area contributed by atoms with E-state index in [0.29, 0.717) is 25.5 Å². The lowest BCUT2D eigenvalue weighted by Crippen LogP contribution is -2.35. The van der Waals surface area contributed by atoms with E-state index >= 15 is 0 Å². The molecule has 1 aliphatic heterocycles. The summed E-state index contributed by atoms with van der Waals surface area (Å²) in [5.74, 6) is 0. The van der Waals surface area contributed by atoms with Crippen molar-refractivity contribution in [2.24, 2.45) is 0 Å². The summed E-state index contributed by atoms with van der Waals surface area (Å²) >= 11 is 0. The number of aromatic nitrogens is 1. The molecule has 16 heavy (non-hydrogen) atoms. The molecule has 0 saturated carbocycles. The minimum Gasteiger partial charge on any atom is -0.423 e. The molecule has 0 aliphatic carbocycles. The Morgan fingerprint density at radius 2 is 2.19 bits per heavy atom. The Balaban J connectivity index is 2.29. The highest BCUT2D eigenvalue weighted by Crippen LogP contribution is 2.16. The standard InChI is InChI=1S/C9H12BNO5/c12-9-4-6(10(13)14)3-7(11-9)8-5-15-1-2-16-8/h3-4,8,13-14H,1-2,5H2,(H,11,12). The summed E-state index contributed by atoms with van der Waals surface area (Å²) in [5.41, 5.74) is 0.248. The zero-order valence-electron chi connectivity index (χ0n) is 8.55. The molecular weight excluding hydrogens is 213 g/mol. The van der Waals surface area contributed by atoms with Crippen molar-refractivity contribution >= 4 is 12.6 Å². The van der Waals surface area contributed by atoms with E-state index in [2.05, 4.69) is 4.98 Å². The van der Waals surface area contributed by atoms with Gasteiger partial charge in [-0.1, -0.05) is 0 Å². The first kappa shape index (κ1) is 11.3. The van der Waals surface area contributed by atoms with Gasteiger partial charge < -0.3 is 24.5 Å². The van der Waals surface area contributed by atoms with Gasteiger partial charge in [0, 0.05) is 11.8 Å². The van der Waals surface area contributed by atoms with Crippen LogP contribution in [0.5, 0.6) is 0 Å². The van der Waals surface area contributed by atoms with Gasteiger partial charge in [0.15, 0.2) is 0 Å². The summed E-state index contributed by atoms with van der Waals surface area (Å²) in [4.78, 5) is 13.9. The van der Waals surface area contributed by atoms with Crippen LogP contribution >= 0.6 is 0 Å². The molecule has 1 unspecified atom stereocenters. The summed E-state index contributed by atoms with van der Waals surface area (Å²) in [6.45, 7) is 1.34. The minimum absolute atomic E-state index is 0.146. The maximum absolute atomic E-state index is 11.3. The molecule has 0 amide bonds. The fraction of sp³-hybridized carbons (Fsp3) is 0.444. The first-order chi connectivity index (χ1) is 7.66. The highest BCUT2D eigenvalue weighted by molar-refractivity contribution is 6.58. The third-order valence-corrected chi connectivity index (χ3v) is 2.35. The Kier molecular flexibility index (Phi) is 3.40. The maximum Gasteiger partial charge on any atom is 0.488 e. The van der Waals surface area contributed by atoms with E-state index in [-0.39, 0.29) is 11.6 Å². The molecule has 0 spiro atoms. The van der Waals surface area contributed by atoms with Crippen molar-refractivity contribution in [1.29, 1.82) is 0 Å². The maximum atomic E-state index is 11.3.